The molecular weight excluding hydrogens is 217 g/mol. The van der Waals surface area contributed by atoms with Gasteiger partial charge in [0.15, 0.2) is 0 Å². The standard InChI is InChI=1S/C11H11F3N2/c1-7(2)16-6-15-9-5-8(11(12,13)14)3-4-10(9)16/h3-7H,1-2H3. The van der Waals surface area contributed by atoms with Crippen LogP contribution in [0, 0.1) is 0 Å². The van der Waals surface area contributed by atoms with Crippen molar-refractivity contribution in [3.63, 3.8) is 0 Å². The van der Waals surface area contributed by atoms with Crippen LogP contribution in [0.1, 0.15) is 25.5 Å². The zero-order valence-corrected chi connectivity index (χ0v) is 8.92. The summed E-state index contributed by atoms with van der Waals surface area (Å²) >= 11 is 0. The maximum Gasteiger partial charge on any atom is 0.416 e. The highest BCUT2D eigenvalue weighted by atomic mass is 19.4. The fourth-order valence-corrected chi connectivity index (χ4v) is 1.62. The van der Waals surface area contributed by atoms with Gasteiger partial charge in [0.25, 0.3) is 0 Å². The lowest BCUT2D eigenvalue weighted by Crippen LogP contribution is -2.04. The third-order valence-electron chi connectivity index (χ3n) is 2.46. The summed E-state index contributed by atoms with van der Waals surface area (Å²) in [5.74, 6) is 0. The largest absolute Gasteiger partial charge is 0.416 e. The number of alkyl halides is 3. The molecule has 86 valence electrons. The van der Waals surface area contributed by atoms with E-state index >= 15 is 0 Å². The van der Waals surface area contributed by atoms with E-state index in [9.17, 15) is 13.2 Å². The summed E-state index contributed by atoms with van der Waals surface area (Å²) in [4.78, 5) is 3.98. The van der Waals surface area contributed by atoms with Crippen molar-refractivity contribution >= 4 is 11.0 Å². The summed E-state index contributed by atoms with van der Waals surface area (Å²) in [6.07, 6.45) is -2.74. The molecule has 0 spiro atoms. The molecule has 1 aromatic heterocycles. The van der Waals surface area contributed by atoms with Gasteiger partial charge in [-0.3, -0.25) is 0 Å². The molecule has 0 atom stereocenters. The van der Waals surface area contributed by atoms with Gasteiger partial charge in [-0.25, -0.2) is 4.98 Å². The molecule has 0 N–H and O–H groups in total. The first-order valence-corrected chi connectivity index (χ1v) is 4.93. The minimum absolute atomic E-state index is 0.182. The van der Waals surface area contributed by atoms with Gasteiger partial charge in [0.1, 0.15) is 0 Å². The molecule has 0 aliphatic rings. The highest BCUT2D eigenvalue weighted by molar-refractivity contribution is 5.76. The first kappa shape index (κ1) is 11.0. The number of halogens is 3. The highest BCUT2D eigenvalue weighted by Gasteiger charge is 2.30. The zero-order valence-electron chi connectivity index (χ0n) is 8.92. The lowest BCUT2D eigenvalue weighted by molar-refractivity contribution is -0.137. The lowest BCUT2D eigenvalue weighted by Gasteiger charge is -2.09. The summed E-state index contributed by atoms with van der Waals surface area (Å²) in [5, 5.41) is 0. The molecule has 0 radical (unpaired) electrons. The van der Waals surface area contributed by atoms with Crippen molar-refractivity contribution in [2.45, 2.75) is 26.1 Å². The Labute approximate surface area is 90.7 Å². The van der Waals surface area contributed by atoms with Crippen LogP contribution in [0.3, 0.4) is 0 Å². The molecule has 5 heteroatoms. The predicted molar refractivity (Wildman–Crippen MR) is 55.1 cm³/mol. The van der Waals surface area contributed by atoms with Gasteiger partial charge in [-0.2, -0.15) is 13.2 Å². The van der Waals surface area contributed by atoms with Crippen LogP contribution in [-0.4, -0.2) is 9.55 Å². The number of hydrogen-bond acceptors (Lipinski definition) is 1. The van der Waals surface area contributed by atoms with Gasteiger partial charge < -0.3 is 4.57 Å². The maximum absolute atomic E-state index is 12.4. The van der Waals surface area contributed by atoms with Crippen LogP contribution in [0.25, 0.3) is 11.0 Å². The third kappa shape index (κ3) is 1.77. The average Bonchev–Trinajstić information content (AvgIpc) is 2.58. The molecule has 1 aromatic carbocycles. The minimum Gasteiger partial charge on any atom is -0.328 e. The van der Waals surface area contributed by atoms with Gasteiger partial charge >= 0.3 is 6.18 Å². The molecular formula is C11H11F3N2. The summed E-state index contributed by atoms with van der Waals surface area (Å²) < 4.78 is 39.2. The molecule has 0 saturated carbocycles. The van der Waals surface area contributed by atoms with Crippen molar-refractivity contribution in [1.29, 1.82) is 0 Å². The van der Waals surface area contributed by atoms with Crippen molar-refractivity contribution in [2.24, 2.45) is 0 Å². The SMILES string of the molecule is CC(C)n1cnc2cc(C(F)(F)F)ccc21. The number of fused-ring (bicyclic) bond motifs is 1. The van der Waals surface area contributed by atoms with Crippen molar-refractivity contribution < 1.29 is 13.2 Å². The Morgan fingerprint density at radius 1 is 1.25 bits per heavy atom. The van der Waals surface area contributed by atoms with E-state index in [-0.39, 0.29) is 6.04 Å². The Balaban J connectivity index is 2.58. The van der Waals surface area contributed by atoms with Gasteiger partial charge in [-0.15, -0.1) is 0 Å². The third-order valence-corrected chi connectivity index (χ3v) is 2.46. The number of hydrogen-bond donors (Lipinski definition) is 0. The Morgan fingerprint density at radius 3 is 2.50 bits per heavy atom. The molecule has 2 nitrogen and oxygen atoms in total. The van der Waals surface area contributed by atoms with E-state index in [1.54, 1.807) is 6.33 Å². The van der Waals surface area contributed by atoms with E-state index < -0.39 is 11.7 Å². The fourth-order valence-electron chi connectivity index (χ4n) is 1.62. The summed E-state index contributed by atoms with van der Waals surface area (Å²) in [6.45, 7) is 3.91. The highest BCUT2D eigenvalue weighted by Crippen LogP contribution is 2.31. The molecule has 0 aliphatic carbocycles. The second kappa shape index (κ2) is 3.50. The van der Waals surface area contributed by atoms with Crippen molar-refractivity contribution in [3.05, 3.63) is 30.1 Å². The minimum atomic E-state index is -4.31. The second-order valence-electron chi connectivity index (χ2n) is 3.95. The van der Waals surface area contributed by atoms with E-state index in [0.717, 1.165) is 17.6 Å². The quantitative estimate of drug-likeness (QED) is 0.728. The molecule has 0 amide bonds. The second-order valence-corrected chi connectivity index (χ2v) is 3.95. The van der Waals surface area contributed by atoms with Crippen LogP contribution in [0.5, 0.6) is 0 Å². The van der Waals surface area contributed by atoms with Crippen LogP contribution in [0.15, 0.2) is 24.5 Å². The van der Waals surface area contributed by atoms with Crippen molar-refractivity contribution in [3.8, 4) is 0 Å². The van der Waals surface area contributed by atoms with Crippen LogP contribution in [0.4, 0.5) is 13.2 Å². The first-order valence-electron chi connectivity index (χ1n) is 4.93. The van der Waals surface area contributed by atoms with E-state index in [0.29, 0.717) is 5.52 Å². The number of rotatable bonds is 1. The van der Waals surface area contributed by atoms with Crippen molar-refractivity contribution in [1.82, 2.24) is 9.55 Å². The number of aromatic nitrogens is 2. The maximum atomic E-state index is 12.4. The Kier molecular flexibility index (Phi) is 2.40. The molecule has 1 heterocycles. The summed E-state index contributed by atoms with van der Waals surface area (Å²) in [5.41, 5.74) is 0.445. The average molecular weight is 228 g/mol. The van der Waals surface area contributed by atoms with Crippen molar-refractivity contribution in [2.75, 3.05) is 0 Å². The summed E-state index contributed by atoms with van der Waals surface area (Å²) in [7, 11) is 0. The number of benzene rings is 1. The zero-order chi connectivity index (χ0) is 11.9. The Morgan fingerprint density at radius 2 is 1.94 bits per heavy atom. The fraction of sp³-hybridized carbons (Fsp3) is 0.364. The molecule has 16 heavy (non-hydrogen) atoms. The van der Waals surface area contributed by atoms with Gasteiger partial charge in [0, 0.05) is 6.04 Å². The van der Waals surface area contributed by atoms with Gasteiger partial charge in [0.05, 0.1) is 22.9 Å². The molecule has 0 unspecified atom stereocenters. The van der Waals surface area contributed by atoms with Gasteiger partial charge in [-0.05, 0) is 32.0 Å². The number of imidazole rings is 1. The van der Waals surface area contributed by atoms with Gasteiger partial charge in [0.2, 0.25) is 0 Å². The molecule has 0 bridgehead atoms. The van der Waals surface area contributed by atoms with Crippen LogP contribution < -0.4 is 0 Å². The topological polar surface area (TPSA) is 17.8 Å². The van der Waals surface area contributed by atoms with Crippen LogP contribution in [-0.2, 0) is 6.18 Å². The lowest BCUT2D eigenvalue weighted by atomic mass is 10.2. The smallest absolute Gasteiger partial charge is 0.328 e. The monoisotopic (exact) mass is 228 g/mol. The number of nitrogens with zero attached hydrogens (tertiary/aromatic N) is 2. The molecule has 0 aliphatic heterocycles. The Hall–Kier alpha value is -1.52. The van der Waals surface area contributed by atoms with Gasteiger partial charge in [-0.1, -0.05) is 0 Å². The molecule has 2 rings (SSSR count). The van der Waals surface area contributed by atoms with E-state index in [1.807, 2.05) is 18.4 Å². The molecule has 0 saturated heterocycles. The molecule has 0 fully saturated rings. The predicted octanol–water partition coefficient (Wildman–Crippen LogP) is 3.64. The summed E-state index contributed by atoms with van der Waals surface area (Å²) in [6, 6.07) is 3.81. The first-order chi connectivity index (χ1) is 7.39. The van der Waals surface area contributed by atoms with Crippen LogP contribution in [0.2, 0.25) is 0 Å². The van der Waals surface area contributed by atoms with E-state index in [1.165, 1.54) is 6.07 Å². The normalized spacial score (nSPS) is 12.6. The van der Waals surface area contributed by atoms with E-state index in [4.69, 9.17) is 0 Å². The molecule has 2 aromatic rings. The van der Waals surface area contributed by atoms with Crippen LogP contribution >= 0.6 is 0 Å². The van der Waals surface area contributed by atoms with E-state index in [2.05, 4.69) is 4.98 Å². The Bertz CT molecular complexity index is 511.